The molecule has 0 aromatic heterocycles. The van der Waals surface area contributed by atoms with Crippen molar-refractivity contribution in [2.75, 3.05) is 39.6 Å². The Labute approximate surface area is 373 Å². The maximum absolute atomic E-state index is 5.86. The Kier molecular flexibility index (Phi) is 22.8. The van der Waals surface area contributed by atoms with Gasteiger partial charge >= 0.3 is 0 Å². The molecule has 13 heteroatoms. The molecule has 3 aliphatic rings. The average molecular weight is 933 g/mol. The number of rotatable bonds is 19. The molecule has 2 saturated carbocycles. The summed E-state index contributed by atoms with van der Waals surface area (Å²) in [6.07, 6.45) is 14.6. The molecule has 330 valence electrons. The van der Waals surface area contributed by atoms with Crippen molar-refractivity contribution in [3.8, 4) is 11.1 Å². The van der Waals surface area contributed by atoms with Gasteiger partial charge in [-0.15, -0.1) is 0 Å². The fraction of sp³-hybridized carbons (Fsp3) is 0.733. The maximum atomic E-state index is 5.86. The van der Waals surface area contributed by atoms with E-state index in [1.807, 2.05) is 27.7 Å². The lowest BCUT2D eigenvalue weighted by atomic mass is 9.82. The Morgan fingerprint density at radius 1 is 0.621 bits per heavy atom. The van der Waals surface area contributed by atoms with Crippen LogP contribution in [0.4, 0.5) is 0 Å². The summed E-state index contributed by atoms with van der Waals surface area (Å²) in [4.78, 5) is 0. The predicted molar refractivity (Wildman–Crippen MR) is 264 cm³/mol. The Hall–Kier alpha value is 0.630. The Balaban J connectivity index is 0.000000274. The van der Waals surface area contributed by atoms with Crippen LogP contribution in [0.3, 0.4) is 0 Å². The molecule has 2 atom stereocenters. The number of hydrogen-bond acceptors (Lipinski definition) is 10. The highest BCUT2D eigenvalue weighted by Gasteiger charge is 2.39. The van der Waals surface area contributed by atoms with Crippen LogP contribution in [0.2, 0.25) is 0 Å². The van der Waals surface area contributed by atoms with E-state index in [4.69, 9.17) is 51.2 Å². The minimum Gasteiger partial charge on any atom is -0.361 e. The van der Waals surface area contributed by atoms with Crippen molar-refractivity contribution in [2.45, 2.75) is 173 Å². The van der Waals surface area contributed by atoms with Gasteiger partial charge in [-0.05, 0) is 162 Å². The molecule has 1 saturated heterocycles. The third-order valence-corrected chi connectivity index (χ3v) is 25.6. The predicted octanol–water partition coefficient (Wildman–Crippen LogP) is 15.2. The zero-order chi connectivity index (χ0) is 42.3. The molecular weight excluding hydrogens is 858 g/mol. The zero-order valence-electron chi connectivity index (χ0n) is 37.2. The minimum atomic E-state index is -2.49. The number of benzene rings is 2. The standard InChI is InChI=1S/C33H49P.C12H26O6P2S4/c1-23(2)26-21-30(24(3)4)33(31(22-26)25(5)6)29-19-13-14-20-32(29)34(27-15-9-7-10-16-27)28-17-11-8-12-18-28;1-5-15-19(21,16-6-2)23-11-12(14-10-9-13-11)24-20(22,17-7-3)18-8-4/h13-14,19-25,27-28H,7-12,15-18H2,1-6H3;11-12H,5-10H2,1-4H3. The summed E-state index contributed by atoms with van der Waals surface area (Å²) in [5.41, 5.74) is 4.05. The van der Waals surface area contributed by atoms with Crippen molar-refractivity contribution in [2.24, 2.45) is 0 Å². The normalized spacial score (nSPS) is 20.2. The third-order valence-electron chi connectivity index (χ3n) is 11.0. The molecule has 2 aromatic rings. The second-order valence-electron chi connectivity index (χ2n) is 16.3. The van der Waals surface area contributed by atoms with Gasteiger partial charge in [-0.1, -0.05) is 124 Å². The maximum Gasteiger partial charge on any atom is 0.249 e. The molecule has 6 nitrogen and oxygen atoms in total. The van der Waals surface area contributed by atoms with Gasteiger partial charge in [0.1, 0.15) is 10.9 Å². The molecule has 2 aromatic carbocycles. The molecule has 5 rings (SSSR count). The third kappa shape index (κ3) is 14.9. The second kappa shape index (κ2) is 25.8. The molecule has 0 radical (unpaired) electrons. The molecule has 0 spiro atoms. The first kappa shape index (κ1) is 51.3. The van der Waals surface area contributed by atoms with Crippen LogP contribution in [0.25, 0.3) is 11.1 Å². The van der Waals surface area contributed by atoms with Gasteiger partial charge in [-0.2, -0.15) is 0 Å². The van der Waals surface area contributed by atoms with E-state index in [1.165, 1.54) is 92.5 Å². The molecule has 58 heavy (non-hydrogen) atoms. The van der Waals surface area contributed by atoms with Gasteiger partial charge in [0.25, 0.3) is 0 Å². The van der Waals surface area contributed by atoms with Gasteiger partial charge in [-0.25, -0.2) is 0 Å². The van der Waals surface area contributed by atoms with E-state index in [2.05, 4.69) is 77.9 Å². The smallest absolute Gasteiger partial charge is 0.249 e. The summed E-state index contributed by atoms with van der Waals surface area (Å²) in [7, 11) is -0.120. The van der Waals surface area contributed by atoms with Crippen molar-refractivity contribution >= 4 is 71.0 Å². The monoisotopic (exact) mass is 932 g/mol. The van der Waals surface area contributed by atoms with Crippen LogP contribution in [-0.4, -0.2) is 61.8 Å². The summed E-state index contributed by atoms with van der Waals surface area (Å²) in [6.45, 7) is 24.9. The average Bonchev–Trinajstić information content (AvgIpc) is 3.20. The minimum absolute atomic E-state index is 0.120. The van der Waals surface area contributed by atoms with E-state index in [0.717, 1.165) is 11.3 Å². The molecule has 2 aliphatic carbocycles. The summed E-state index contributed by atoms with van der Waals surface area (Å²) in [6, 6.07) is 14.8. The van der Waals surface area contributed by atoms with Gasteiger partial charge in [0.05, 0.1) is 39.6 Å². The van der Waals surface area contributed by atoms with Crippen molar-refractivity contribution < 1.29 is 27.6 Å². The first-order valence-electron chi connectivity index (χ1n) is 22.2. The van der Waals surface area contributed by atoms with Crippen LogP contribution in [-0.2, 0) is 51.2 Å². The Morgan fingerprint density at radius 2 is 1.02 bits per heavy atom. The fourth-order valence-electron chi connectivity index (χ4n) is 8.32. The Bertz CT molecular complexity index is 1510. The van der Waals surface area contributed by atoms with Crippen molar-refractivity contribution in [3.05, 3.63) is 53.1 Å². The largest absolute Gasteiger partial charge is 0.361 e. The van der Waals surface area contributed by atoms with Crippen molar-refractivity contribution in [1.29, 1.82) is 0 Å². The van der Waals surface area contributed by atoms with Gasteiger partial charge in [0.15, 0.2) is 0 Å². The molecule has 0 bridgehead atoms. The quantitative estimate of drug-likeness (QED) is 0.127. The molecule has 2 unspecified atom stereocenters. The van der Waals surface area contributed by atoms with E-state index in [9.17, 15) is 0 Å². The molecule has 1 aliphatic heterocycles. The van der Waals surface area contributed by atoms with Crippen LogP contribution in [0.5, 0.6) is 0 Å². The lowest BCUT2D eigenvalue weighted by Gasteiger charge is -2.40. The van der Waals surface area contributed by atoms with E-state index < -0.39 is 11.4 Å². The lowest BCUT2D eigenvalue weighted by Crippen LogP contribution is -2.34. The fourth-order valence-corrected chi connectivity index (χ4v) is 23.3. The van der Waals surface area contributed by atoms with E-state index >= 15 is 0 Å². The van der Waals surface area contributed by atoms with E-state index in [1.54, 1.807) is 27.6 Å². The molecule has 0 amide bonds. The van der Waals surface area contributed by atoms with E-state index in [0.29, 0.717) is 57.4 Å². The SMILES string of the molecule is CC(C)c1cc(C(C)C)c(-c2ccccc2P(C2CCCCC2)C2CCCCC2)c(C(C)C)c1.CCOP(=S)(OCC)SC1OCCOC1SP(=S)(OCC)OCC. The van der Waals surface area contributed by atoms with Gasteiger partial charge in [0.2, 0.25) is 11.4 Å². The topological polar surface area (TPSA) is 55.4 Å². The van der Waals surface area contributed by atoms with Gasteiger partial charge in [-0.3, -0.25) is 0 Å². The van der Waals surface area contributed by atoms with Crippen LogP contribution < -0.4 is 5.30 Å². The number of ether oxygens (including phenoxy) is 2. The van der Waals surface area contributed by atoms with Crippen molar-refractivity contribution in [1.82, 2.24) is 0 Å². The van der Waals surface area contributed by atoms with Crippen LogP contribution in [0.15, 0.2) is 36.4 Å². The molecule has 3 fully saturated rings. The van der Waals surface area contributed by atoms with Crippen molar-refractivity contribution in [3.63, 3.8) is 0 Å². The lowest BCUT2D eigenvalue weighted by molar-refractivity contribution is -0.0654. The second-order valence-corrected chi connectivity index (χ2v) is 31.7. The van der Waals surface area contributed by atoms with E-state index in [-0.39, 0.29) is 18.8 Å². The Morgan fingerprint density at radius 3 is 1.38 bits per heavy atom. The molecule has 0 N–H and O–H groups in total. The van der Waals surface area contributed by atoms with Crippen LogP contribution >= 0.6 is 42.1 Å². The first-order chi connectivity index (χ1) is 27.8. The molecule has 1 heterocycles. The highest BCUT2D eigenvalue weighted by molar-refractivity contribution is 8.69. The first-order valence-corrected chi connectivity index (χ1v) is 32.0. The molecular formula is C45H75O6P3S4. The summed E-state index contributed by atoms with van der Waals surface area (Å²) in [5.74, 6) is 1.64. The van der Waals surface area contributed by atoms with Crippen LogP contribution in [0.1, 0.15) is 168 Å². The summed E-state index contributed by atoms with van der Waals surface area (Å²) < 4.78 is 34.5. The van der Waals surface area contributed by atoms with Gasteiger partial charge < -0.3 is 27.6 Å². The highest BCUT2D eigenvalue weighted by Crippen LogP contribution is 2.68. The highest BCUT2D eigenvalue weighted by atomic mass is 32.9. The van der Waals surface area contributed by atoms with Gasteiger partial charge in [0, 0.05) is 0 Å². The van der Waals surface area contributed by atoms with Crippen LogP contribution in [0, 0.1) is 0 Å². The number of hydrogen-bond donors (Lipinski definition) is 0. The summed E-state index contributed by atoms with van der Waals surface area (Å²) >= 11 is 13.9. The zero-order valence-corrected chi connectivity index (χ0v) is 43.2. The summed E-state index contributed by atoms with van der Waals surface area (Å²) in [5, 5.41) is 1.75.